The molecule has 2 aliphatic heterocycles. The van der Waals surface area contributed by atoms with Gasteiger partial charge in [0.2, 0.25) is 12.7 Å². The van der Waals surface area contributed by atoms with Gasteiger partial charge in [0, 0.05) is 37.8 Å². The molecule has 3 rings (SSSR count). The Balaban J connectivity index is 1.76. The van der Waals surface area contributed by atoms with Gasteiger partial charge in [-0.25, -0.2) is 0 Å². The van der Waals surface area contributed by atoms with Crippen LogP contribution < -0.4 is 20.5 Å². The Morgan fingerprint density at radius 3 is 2.76 bits per heavy atom. The maximum absolute atomic E-state index is 12.5. The van der Waals surface area contributed by atoms with Gasteiger partial charge in [0.15, 0.2) is 11.5 Å². The predicted molar refractivity (Wildman–Crippen MR) is 75.1 cm³/mol. The summed E-state index contributed by atoms with van der Waals surface area (Å²) in [5, 5.41) is 2.83. The first-order chi connectivity index (χ1) is 10.0. The summed E-state index contributed by atoms with van der Waals surface area (Å²) in [6, 6.07) is 3.23. The molecular weight excluding hydrogens is 274 g/mol. The summed E-state index contributed by atoms with van der Waals surface area (Å²) in [5.74, 6) is 0.849. The SMILES string of the molecule is CC(=O)NC1CCN(C(=O)c2cc3c(cc2N)OCO3)C1. The number of hydrogen-bond donors (Lipinski definition) is 2. The first-order valence-electron chi connectivity index (χ1n) is 6.80. The number of carbonyl (C=O) groups is 2. The molecule has 1 saturated heterocycles. The van der Waals surface area contributed by atoms with Crippen molar-refractivity contribution in [3.63, 3.8) is 0 Å². The Labute approximate surface area is 122 Å². The molecule has 7 nitrogen and oxygen atoms in total. The molecule has 1 fully saturated rings. The number of fused-ring (bicyclic) bond motifs is 1. The summed E-state index contributed by atoms with van der Waals surface area (Å²) in [4.78, 5) is 25.3. The number of likely N-dealkylation sites (tertiary alicyclic amines) is 1. The highest BCUT2D eigenvalue weighted by atomic mass is 16.7. The molecule has 1 aromatic carbocycles. The lowest BCUT2D eigenvalue weighted by Gasteiger charge is -2.18. The second kappa shape index (κ2) is 5.16. The molecule has 1 unspecified atom stereocenters. The monoisotopic (exact) mass is 291 g/mol. The van der Waals surface area contributed by atoms with Crippen molar-refractivity contribution in [3.05, 3.63) is 17.7 Å². The summed E-state index contributed by atoms with van der Waals surface area (Å²) >= 11 is 0. The number of nitrogens with zero attached hydrogens (tertiary/aromatic N) is 1. The molecule has 112 valence electrons. The van der Waals surface area contributed by atoms with E-state index in [4.69, 9.17) is 15.2 Å². The molecule has 0 radical (unpaired) electrons. The Morgan fingerprint density at radius 1 is 1.33 bits per heavy atom. The van der Waals surface area contributed by atoms with Gasteiger partial charge >= 0.3 is 0 Å². The van der Waals surface area contributed by atoms with Crippen molar-refractivity contribution in [2.24, 2.45) is 0 Å². The minimum absolute atomic E-state index is 0.00156. The second-order valence-corrected chi connectivity index (χ2v) is 5.23. The van der Waals surface area contributed by atoms with Crippen molar-refractivity contribution < 1.29 is 19.1 Å². The Kier molecular flexibility index (Phi) is 3.32. The van der Waals surface area contributed by atoms with Crippen LogP contribution in [0.25, 0.3) is 0 Å². The molecule has 1 aromatic rings. The van der Waals surface area contributed by atoms with Gasteiger partial charge < -0.3 is 25.4 Å². The van der Waals surface area contributed by atoms with Gasteiger partial charge in [-0.15, -0.1) is 0 Å². The van der Waals surface area contributed by atoms with E-state index in [1.165, 1.54) is 6.92 Å². The van der Waals surface area contributed by atoms with Crippen LogP contribution in [0.3, 0.4) is 0 Å². The van der Waals surface area contributed by atoms with Crippen LogP contribution in [0.5, 0.6) is 11.5 Å². The summed E-state index contributed by atoms with van der Waals surface area (Å²) in [6.07, 6.45) is 0.746. The van der Waals surface area contributed by atoms with Gasteiger partial charge in [-0.05, 0) is 12.5 Å². The predicted octanol–water partition coefficient (Wildman–Crippen LogP) is 0.348. The van der Waals surface area contributed by atoms with Gasteiger partial charge in [0.05, 0.1) is 5.56 Å². The number of anilines is 1. The third kappa shape index (κ3) is 2.58. The number of carbonyl (C=O) groups excluding carboxylic acids is 2. The van der Waals surface area contributed by atoms with Crippen LogP contribution in [-0.4, -0.2) is 42.6 Å². The highest BCUT2D eigenvalue weighted by Gasteiger charge is 2.29. The van der Waals surface area contributed by atoms with Crippen molar-refractivity contribution in [1.82, 2.24) is 10.2 Å². The van der Waals surface area contributed by atoms with E-state index >= 15 is 0 Å². The maximum Gasteiger partial charge on any atom is 0.256 e. The standard InChI is InChI=1S/C14H17N3O4/c1-8(18)16-9-2-3-17(6-9)14(19)10-4-12-13(5-11(10)15)21-7-20-12/h4-5,9H,2-3,6-7,15H2,1H3,(H,16,18). The molecule has 2 heterocycles. The van der Waals surface area contributed by atoms with Crippen molar-refractivity contribution in [1.29, 1.82) is 0 Å². The van der Waals surface area contributed by atoms with Gasteiger partial charge in [-0.3, -0.25) is 9.59 Å². The number of nitrogen functional groups attached to an aromatic ring is 1. The van der Waals surface area contributed by atoms with Crippen molar-refractivity contribution in [3.8, 4) is 11.5 Å². The highest BCUT2D eigenvalue weighted by molar-refractivity contribution is 6.00. The molecular formula is C14H17N3O4. The molecule has 0 spiro atoms. The lowest BCUT2D eigenvalue weighted by molar-refractivity contribution is -0.119. The van der Waals surface area contributed by atoms with Gasteiger partial charge in [-0.2, -0.15) is 0 Å². The van der Waals surface area contributed by atoms with E-state index in [9.17, 15) is 9.59 Å². The van der Waals surface area contributed by atoms with Crippen LogP contribution in [0.1, 0.15) is 23.7 Å². The number of amides is 2. The highest BCUT2D eigenvalue weighted by Crippen LogP contribution is 2.36. The summed E-state index contributed by atoms with van der Waals surface area (Å²) in [5.41, 5.74) is 6.70. The van der Waals surface area contributed by atoms with E-state index in [1.807, 2.05) is 0 Å². The van der Waals surface area contributed by atoms with Gasteiger partial charge in [0.25, 0.3) is 5.91 Å². The third-order valence-electron chi connectivity index (χ3n) is 3.66. The minimum atomic E-state index is -0.154. The number of hydrogen-bond acceptors (Lipinski definition) is 5. The number of ether oxygens (including phenoxy) is 2. The van der Waals surface area contributed by atoms with E-state index < -0.39 is 0 Å². The average Bonchev–Trinajstić information content (AvgIpc) is 3.04. The minimum Gasteiger partial charge on any atom is -0.454 e. The van der Waals surface area contributed by atoms with E-state index in [0.29, 0.717) is 35.8 Å². The molecule has 2 aliphatic rings. The van der Waals surface area contributed by atoms with Crippen LogP contribution in [-0.2, 0) is 4.79 Å². The van der Waals surface area contributed by atoms with Crippen molar-refractivity contribution in [2.75, 3.05) is 25.6 Å². The largest absolute Gasteiger partial charge is 0.454 e. The fourth-order valence-corrected chi connectivity index (χ4v) is 2.66. The molecule has 0 aromatic heterocycles. The Hall–Kier alpha value is -2.44. The fraction of sp³-hybridized carbons (Fsp3) is 0.429. The number of rotatable bonds is 2. The van der Waals surface area contributed by atoms with Crippen molar-refractivity contribution in [2.45, 2.75) is 19.4 Å². The number of nitrogens with one attached hydrogen (secondary N) is 1. The van der Waals surface area contributed by atoms with Crippen LogP contribution in [0, 0.1) is 0 Å². The zero-order chi connectivity index (χ0) is 15.0. The van der Waals surface area contributed by atoms with E-state index in [2.05, 4.69) is 5.32 Å². The number of benzene rings is 1. The topological polar surface area (TPSA) is 93.9 Å². The second-order valence-electron chi connectivity index (χ2n) is 5.23. The normalized spacial score (nSPS) is 19.7. The smallest absolute Gasteiger partial charge is 0.256 e. The van der Waals surface area contributed by atoms with Gasteiger partial charge in [-0.1, -0.05) is 0 Å². The van der Waals surface area contributed by atoms with Gasteiger partial charge in [0.1, 0.15) is 0 Å². The van der Waals surface area contributed by atoms with Crippen molar-refractivity contribution >= 4 is 17.5 Å². The molecule has 0 saturated carbocycles. The summed E-state index contributed by atoms with van der Waals surface area (Å²) < 4.78 is 10.5. The Morgan fingerprint density at radius 2 is 2.05 bits per heavy atom. The number of nitrogens with two attached hydrogens (primary N) is 1. The summed E-state index contributed by atoms with van der Waals surface area (Å²) in [7, 11) is 0. The molecule has 3 N–H and O–H groups in total. The molecule has 0 bridgehead atoms. The third-order valence-corrected chi connectivity index (χ3v) is 3.66. The van der Waals surface area contributed by atoms with Crippen LogP contribution in [0.2, 0.25) is 0 Å². The quantitative estimate of drug-likeness (QED) is 0.767. The van der Waals surface area contributed by atoms with E-state index in [0.717, 1.165) is 6.42 Å². The lowest BCUT2D eigenvalue weighted by Crippen LogP contribution is -2.37. The first-order valence-corrected chi connectivity index (χ1v) is 6.80. The van der Waals surface area contributed by atoms with E-state index in [-0.39, 0.29) is 24.6 Å². The molecule has 0 aliphatic carbocycles. The first kappa shape index (κ1) is 13.5. The molecule has 1 atom stereocenters. The zero-order valence-corrected chi connectivity index (χ0v) is 11.7. The summed E-state index contributed by atoms with van der Waals surface area (Å²) in [6.45, 7) is 2.70. The Bertz CT molecular complexity index is 602. The van der Waals surface area contributed by atoms with Crippen LogP contribution >= 0.6 is 0 Å². The van der Waals surface area contributed by atoms with Crippen LogP contribution in [0.15, 0.2) is 12.1 Å². The fourth-order valence-electron chi connectivity index (χ4n) is 2.66. The van der Waals surface area contributed by atoms with E-state index in [1.54, 1.807) is 17.0 Å². The zero-order valence-electron chi connectivity index (χ0n) is 11.7. The molecule has 7 heteroatoms. The lowest BCUT2D eigenvalue weighted by atomic mass is 10.1. The maximum atomic E-state index is 12.5. The molecule has 2 amide bonds. The van der Waals surface area contributed by atoms with Crippen LogP contribution in [0.4, 0.5) is 5.69 Å². The molecule has 21 heavy (non-hydrogen) atoms. The average molecular weight is 291 g/mol.